The van der Waals surface area contributed by atoms with Gasteiger partial charge in [-0.1, -0.05) is 19.1 Å². The van der Waals surface area contributed by atoms with E-state index in [0.717, 1.165) is 18.5 Å². The van der Waals surface area contributed by atoms with Crippen molar-refractivity contribution in [1.29, 1.82) is 0 Å². The summed E-state index contributed by atoms with van der Waals surface area (Å²) in [6.45, 7) is 2.72. The van der Waals surface area contributed by atoms with Gasteiger partial charge in [-0.05, 0) is 18.4 Å². The van der Waals surface area contributed by atoms with Crippen molar-refractivity contribution in [3.05, 3.63) is 39.9 Å². The minimum atomic E-state index is -0.496. The van der Waals surface area contributed by atoms with E-state index in [-0.39, 0.29) is 11.6 Å². The Morgan fingerprint density at radius 1 is 1.39 bits per heavy atom. The smallest absolute Gasteiger partial charge is 0.269 e. The van der Waals surface area contributed by atoms with Gasteiger partial charge in [0, 0.05) is 25.7 Å². The van der Waals surface area contributed by atoms with E-state index in [4.69, 9.17) is 0 Å². The van der Waals surface area contributed by atoms with Crippen molar-refractivity contribution >= 4 is 11.6 Å². The molecule has 0 N–H and O–H groups in total. The van der Waals surface area contributed by atoms with Gasteiger partial charge < -0.3 is 4.90 Å². The van der Waals surface area contributed by atoms with Crippen LogP contribution in [0.3, 0.4) is 0 Å². The van der Waals surface area contributed by atoms with Crippen molar-refractivity contribution in [2.75, 3.05) is 13.6 Å². The number of hydrogen-bond donors (Lipinski definition) is 0. The number of carbonyl (C=O) groups excluding carboxylic acids is 1. The second-order valence-corrected chi connectivity index (χ2v) is 4.72. The molecule has 5 nitrogen and oxygen atoms in total. The van der Waals surface area contributed by atoms with Crippen molar-refractivity contribution < 1.29 is 9.72 Å². The Balaban J connectivity index is 2.40. The van der Waals surface area contributed by atoms with Crippen LogP contribution < -0.4 is 0 Å². The minimum Gasteiger partial charge on any atom is -0.345 e. The van der Waals surface area contributed by atoms with Crippen molar-refractivity contribution in [3.8, 4) is 0 Å². The van der Waals surface area contributed by atoms with Crippen LogP contribution in [0.4, 0.5) is 5.69 Å². The molecular formula is C13H16N2O3. The minimum absolute atomic E-state index is 0.0591. The standard InChI is InChI=1S/C13H16N2O3/c1-3-13(8-9-14(2)12(13)16)10-4-6-11(7-5-10)15(17)18/h4-7H,3,8-9H2,1-2H3. The average molecular weight is 248 g/mol. The Hall–Kier alpha value is -1.91. The van der Waals surface area contributed by atoms with Gasteiger partial charge in [0.15, 0.2) is 0 Å². The topological polar surface area (TPSA) is 63.5 Å². The molecule has 0 radical (unpaired) electrons. The highest BCUT2D eigenvalue weighted by Gasteiger charge is 2.45. The molecule has 1 aromatic rings. The van der Waals surface area contributed by atoms with Gasteiger partial charge in [-0.15, -0.1) is 0 Å². The lowest BCUT2D eigenvalue weighted by atomic mass is 9.77. The molecule has 18 heavy (non-hydrogen) atoms. The van der Waals surface area contributed by atoms with E-state index >= 15 is 0 Å². The number of likely N-dealkylation sites (tertiary alicyclic amines) is 1. The van der Waals surface area contributed by atoms with Gasteiger partial charge in [0.2, 0.25) is 5.91 Å². The Morgan fingerprint density at radius 3 is 2.39 bits per heavy atom. The Bertz CT molecular complexity index is 484. The van der Waals surface area contributed by atoms with Crippen LogP contribution >= 0.6 is 0 Å². The van der Waals surface area contributed by atoms with Crippen molar-refractivity contribution in [2.24, 2.45) is 0 Å². The number of rotatable bonds is 3. The highest BCUT2D eigenvalue weighted by molar-refractivity contribution is 5.90. The number of nitro benzene ring substituents is 1. The number of non-ortho nitro benzene ring substituents is 1. The zero-order valence-corrected chi connectivity index (χ0v) is 10.5. The van der Waals surface area contributed by atoms with Gasteiger partial charge in [0.1, 0.15) is 0 Å². The summed E-state index contributed by atoms with van der Waals surface area (Å²) < 4.78 is 0. The SMILES string of the molecule is CCC1(c2ccc([N+](=O)[O-])cc2)CCN(C)C1=O. The van der Waals surface area contributed by atoms with E-state index in [1.807, 2.05) is 6.92 Å². The molecule has 0 bridgehead atoms. The number of amides is 1. The lowest BCUT2D eigenvalue weighted by Crippen LogP contribution is -2.35. The average Bonchev–Trinajstić information content (AvgIpc) is 2.67. The number of nitro groups is 1. The zero-order chi connectivity index (χ0) is 13.3. The molecule has 5 heteroatoms. The summed E-state index contributed by atoms with van der Waals surface area (Å²) in [7, 11) is 1.80. The monoisotopic (exact) mass is 248 g/mol. The summed E-state index contributed by atoms with van der Waals surface area (Å²) in [5.41, 5.74) is 0.443. The maximum Gasteiger partial charge on any atom is 0.269 e. The fourth-order valence-corrected chi connectivity index (χ4v) is 2.63. The maximum absolute atomic E-state index is 12.3. The van der Waals surface area contributed by atoms with E-state index in [9.17, 15) is 14.9 Å². The van der Waals surface area contributed by atoms with Crippen molar-refractivity contribution in [3.63, 3.8) is 0 Å². The first-order chi connectivity index (χ1) is 8.51. The second-order valence-electron chi connectivity index (χ2n) is 4.72. The van der Waals surface area contributed by atoms with Crippen LogP contribution in [0, 0.1) is 10.1 Å². The van der Waals surface area contributed by atoms with Crippen LogP contribution in [0.2, 0.25) is 0 Å². The lowest BCUT2D eigenvalue weighted by molar-refractivity contribution is -0.384. The first-order valence-electron chi connectivity index (χ1n) is 6.02. The predicted octanol–water partition coefficient (Wildman–Crippen LogP) is 2.10. The molecule has 1 heterocycles. The molecule has 1 aromatic carbocycles. The van der Waals surface area contributed by atoms with Gasteiger partial charge >= 0.3 is 0 Å². The Kier molecular flexibility index (Phi) is 3.07. The first kappa shape index (κ1) is 12.5. The molecule has 96 valence electrons. The van der Waals surface area contributed by atoms with Crippen LogP contribution in [0.1, 0.15) is 25.3 Å². The molecule has 1 fully saturated rings. The summed E-state index contributed by atoms with van der Waals surface area (Å²) in [5, 5.41) is 10.6. The third-order valence-corrected chi connectivity index (χ3v) is 3.86. The number of hydrogen-bond acceptors (Lipinski definition) is 3. The number of nitrogens with zero attached hydrogens (tertiary/aromatic N) is 2. The van der Waals surface area contributed by atoms with Crippen molar-refractivity contribution in [1.82, 2.24) is 4.90 Å². The van der Waals surface area contributed by atoms with Gasteiger partial charge in [0.05, 0.1) is 10.3 Å². The van der Waals surface area contributed by atoms with Crippen LogP contribution in [0.15, 0.2) is 24.3 Å². The van der Waals surface area contributed by atoms with Gasteiger partial charge in [-0.2, -0.15) is 0 Å². The molecule has 1 amide bonds. The molecule has 1 atom stereocenters. The molecule has 0 saturated carbocycles. The van der Waals surface area contributed by atoms with E-state index < -0.39 is 10.3 Å². The maximum atomic E-state index is 12.3. The fraction of sp³-hybridized carbons (Fsp3) is 0.462. The number of likely N-dealkylation sites (N-methyl/N-ethyl adjacent to an activating group) is 1. The highest BCUT2D eigenvalue weighted by Crippen LogP contribution is 2.38. The lowest BCUT2D eigenvalue weighted by Gasteiger charge is -2.26. The third-order valence-electron chi connectivity index (χ3n) is 3.86. The second kappa shape index (κ2) is 4.40. The summed E-state index contributed by atoms with van der Waals surface area (Å²) in [4.78, 5) is 24.2. The van der Waals surface area contributed by atoms with Crippen LogP contribution in [-0.4, -0.2) is 29.3 Å². The summed E-state index contributed by atoms with van der Waals surface area (Å²) >= 11 is 0. The third kappa shape index (κ3) is 1.75. The molecule has 1 saturated heterocycles. The van der Waals surface area contributed by atoms with Gasteiger partial charge in [-0.25, -0.2) is 0 Å². The van der Waals surface area contributed by atoms with Crippen LogP contribution in [-0.2, 0) is 10.2 Å². The quantitative estimate of drug-likeness (QED) is 0.608. The summed E-state index contributed by atoms with van der Waals surface area (Å²) in [5.74, 6) is 0.110. The van der Waals surface area contributed by atoms with Gasteiger partial charge in [0.25, 0.3) is 5.69 Å². The molecule has 1 aliphatic heterocycles. The van der Waals surface area contributed by atoms with Crippen LogP contribution in [0.25, 0.3) is 0 Å². The summed E-state index contributed by atoms with van der Waals surface area (Å²) in [6.07, 6.45) is 1.49. The van der Waals surface area contributed by atoms with E-state index in [2.05, 4.69) is 0 Å². The first-order valence-corrected chi connectivity index (χ1v) is 6.02. The molecular weight excluding hydrogens is 232 g/mol. The zero-order valence-electron chi connectivity index (χ0n) is 10.5. The molecule has 1 aliphatic rings. The largest absolute Gasteiger partial charge is 0.345 e. The summed E-state index contributed by atoms with van der Waals surface area (Å²) in [6, 6.07) is 6.36. The van der Waals surface area contributed by atoms with E-state index in [1.54, 1.807) is 24.1 Å². The molecule has 0 aromatic heterocycles. The normalized spacial score (nSPS) is 23.4. The molecule has 2 rings (SSSR count). The van der Waals surface area contributed by atoms with E-state index in [0.29, 0.717) is 6.42 Å². The molecule has 1 unspecified atom stereocenters. The molecule has 0 spiro atoms. The highest BCUT2D eigenvalue weighted by atomic mass is 16.6. The van der Waals surface area contributed by atoms with E-state index in [1.165, 1.54) is 12.1 Å². The number of benzene rings is 1. The Labute approximate surface area is 106 Å². The van der Waals surface area contributed by atoms with Crippen molar-refractivity contribution in [2.45, 2.75) is 25.2 Å². The number of carbonyl (C=O) groups is 1. The Morgan fingerprint density at radius 2 is 2.00 bits per heavy atom. The fourth-order valence-electron chi connectivity index (χ4n) is 2.63. The predicted molar refractivity (Wildman–Crippen MR) is 67.3 cm³/mol. The molecule has 0 aliphatic carbocycles. The van der Waals surface area contributed by atoms with Gasteiger partial charge in [-0.3, -0.25) is 14.9 Å². The van der Waals surface area contributed by atoms with Crippen LogP contribution in [0.5, 0.6) is 0 Å².